The summed E-state index contributed by atoms with van der Waals surface area (Å²) in [6, 6.07) is 7.99. The molecule has 31 heavy (non-hydrogen) atoms. The lowest BCUT2D eigenvalue weighted by molar-refractivity contribution is -0.159. The van der Waals surface area contributed by atoms with Gasteiger partial charge in [0, 0.05) is 37.1 Å². The van der Waals surface area contributed by atoms with E-state index in [0.29, 0.717) is 30.8 Å². The Morgan fingerprint density at radius 2 is 1.55 bits per heavy atom. The summed E-state index contributed by atoms with van der Waals surface area (Å²) in [7, 11) is 0. The molecule has 1 atom stereocenters. The number of carbonyl (C=O) groups is 3. The van der Waals surface area contributed by atoms with Crippen LogP contribution in [0.5, 0.6) is 0 Å². The van der Waals surface area contributed by atoms with E-state index in [1.54, 1.807) is 0 Å². The molecular formula is C21H32Cl2N2O6. The van der Waals surface area contributed by atoms with Gasteiger partial charge in [0.15, 0.2) is 0 Å². The molecule has 0 bridgehead atoms. The van der Waals surface area contributed by atoms with Gasteiger partial charge in [0.05, 0.1) is 6.61 Å². The van der Waals surface area contributed by atoms with Crippen LogP contribution in [0.2, 0.25) is 0 Å². The van der Waals surface area contributed by atoms with Crippen molar-refractivity contribution in [3.8, 4) is 0 Å². The van der Waals surface area contributed by atoms with E-state index in [2.05, 4.69) is 48.3 Å². The fraction of sp³-hybridized carbons (Fsp3) is 0.571. The molecule has 0 spiro atoms. The quantitative estimate of drug-likeness (QED) is 0.238. The molecule has 1 aromatic rings. The number of benzene rings is 1. The highest BCUT2D eigenvalue weighted by Gasteiger charge is 2.20. The Labute approximate surface area is 193 Å². The second kappa shape index (κ2) is 16.6. The van der Waals surface area contributed by atoms with E-state index in [1.165, 1.54) is 0 Å². The number of carboxylic acids is 2. The predicted molar refractivity (Wildman–Crippen MR) is 122 cm³/mol. The minimum absolute atomic E-state index is 0.178. The summed E-state index contributed by atoms with van der Waals surface area (Å²) in [6.45, 7) is 8.60. The number of aliphatic carboxylic acids is 2. The van der Waals surface area contributed by atoms with Crippen LogP contribution in [0.25, 0.3) is 0 Å². The maximum Gasteiger partial charge on any atom is 0.414 e. The molecule has 0 amide bonds. The van der Waals surface area contributed by atoms with Crippen molar-refractivity contribution in [3.63, 3.8) is 0 Å². The monoisotopic (exact) mass is 478 g/mol. The third kappa shape index (κ3) is 13.1. The number of ether oxygens (including phenoxy) is 1. The molecule has 3 N–H and O–H groups in total. The third-order valence-electron chi connectivity index (χ3n) is 4.02. The molecule has 0 fully saturated rings. The Morgan fingerprint density at radius 3 is 1.94 bits per heavy atom. The largest absolute Gasteiger partial charge is 0.473 e. The highest BCUT2D eigenvalue weighted by atomic mass is 35.5. The first-order valence-electron chi connectivity index (χ1n) is 9.98. The van der Waals surface area contributed by atoms with E-state index < -0.39 is 11.9 Å². The molecule has 1 aromatic carbocycles. The van der Waals surface area contributed by atoms with Crippen LogP contribution < -0.4 is 10.2 Å². The van der Waals surface area contributed by atoms with E-state index in [1.807, 2.05) is 6.92 Å². The summed E-state index contributed by atoms with van der Waals surface area (Å²) in [5, 5.41) is 18.1. The van der Waals surface area contributed by atoms with Gasteiger partial charge in [-0.3, -0.25) is 4.79 Å². The lowest BCUT2D eigenvalue weighted by Gasteiger charge is -2.23. The molecule has 0 saturated carbocycles. The highest BCUT2D eigenvalue weighted by molar-refractivity contribution is 6.27. The summed E-state index contributed by atoms with van der Waals surface area (Å²) in [4.78, 5) is 32.4. The number of hydrogen-bond donors (Lipinski definition) is 3. The Hall–Kier alpha value is -2.03. The van der Waals surface area contributed by atoms with Gasteiger partial charge < -0.3 is 25.2 Å². The number of alkyl halides is 2. The van der Waals surface area contributed by atoms with Crippen LogP contribution in [0.3, 0.4) is 0 Å². The van der Waals surface area contributed by atoms with Crippen molar-refractivity contribution in [3.05, 3.63) is 29.8 Å². The Bertz CT molecular complexity index is 652. The zero-order valence-corrected chi connectivity index (χ0v) is 19.7. The van der Waals surface area contributed by atoms with E-state index in [0.717, 1.165) is 30.8 Å². The van der Waals surface area contributed by atoms with Gasteiger partial charge in [0.1, 0.15) is 6.04 Å². The third-order valence-corrected chi connectivity index (χ3v) is 4.36. The minimum Gasteiger partial charge on any atom is -0.473 e. The molecule has 0 saturated heterocycles. The number of hydrogen-bond acceptors (Lipinski definition) is 6. The van der Waals surface area contributed by atoms with Gasteiger partial charge in [0.2, 0.25) is 0 Å². The molecular weight excluding hydrogens is 447 g/mol. The van der Waals surface area contributed by atoms with Crippen LogP contribution >= 0.6 is 23.2 Å². The van der Waals surface area contributed by atoms with Gasteiger partial charge in [-0.05, 0) is 37.0 Å². The average molecular weight is 479 g/mol. The lowest BCUT2D eigenvalue weighted by atomic mass is 10.0. The number of carbonyl (C=O) groups excluding carboxylic acids is 1. The Kier molecular flexibility index (Phi) is 15.5. The number of esters is 1. The number of rotatable bonds is 12. The first-order valence-corrected chi connectivity index (χ1v) is 11.0. The molecule has 10 heteroatoms. The van der Waals surface area contributed by atoms with Crippen LogP contribution in [0.15, 0.2) is 24.3 Å². The summed E-state index contributed by atoms with van der Waals surface area (Å²) < 4.78 is 5.16. The molecule has 0 aliphatic heterocycles. The normalized spacial score (nSPS) is 11.3. The summed E-state index contributed by atoms with van der Waals surface area (Å²) in [5.41, 5.74) is 2.23. The average Bonchev–Trinajstić information content (AvgIpc) is 2.71. The van der Waals surface area contributed by atoms with Gasteiger partial charge in [-0.1, -0.05) is 26.0 Å². The summed E-state index contributed by atoms with van der Waals surface area (Å²) >= 11 is 11.7. The molecule has 1 rings (SSSR count). The molecule has 1 unspecified atom stereocenters. The van der Waals surface area contributed by atoms with Gasteiger partial charge in [-0.15, -0.1) is 23.2 Å². The zero-order valence-electron chi connectivity index (χ0n) is 18.1. The first-order chi connectivity index (χ1) is 14.7. The SMILES string of the molecule is CCOC(=O)C(CC(C)C)NCc1ccc(N(CCCl)CCCl)cc1.O=C(O)C(=O)O. The number of nitrogens with one attached hydrogen (secondary N) is 1. The molecule has 0 aliphatic rings. The van der Waals surface area contributed by atoms with Gasteiger partial charge in [0.25, 0.3) is 0 Å². The van der Waals surface area contributed by atoms with Crippen LogP contribution in [0.4, 0.5) is 5.69 Å². The second-order valence-electron chi connectivity index (χ2n) is 6.96. The fourth-order valence-corrected chi connectivity index (χ4v) is 3.02. The fourth-order valence-electron chi connectivity index (χ4n) is 2.62. The van der Waals surface area contributed by atoms with Crippen molar-refractivity contribution < 1.29 is 29.3 Å². The molecule has 0 heterocycles. The smallest absolute Gasteiger partial charge is 0.414 e. The first kappa shape index (κ1) is 29.0. The van der Waals surface area contributed by atoms with Crippen molar-refractivity contribution in [1.29, 1.82) is 0 Å². The van der Waals surface area contributed by atoms with E-state index in [-0.39, 0.29) is 12.0 Å². The number of carboxylic acid groups (broad SMARTS) is 2. The van der Waals surface area contributed by atoms with Gasteiger partial charge in [-0.25, -0.2) is 9.59 Å². The molecule has 8 nitrogen and oxygen atoms in total. The molecule has 176 valence electrons. The minimum atomic E-state index is -1.82. The second-order valence-corrected chi connectivity index (χ2v) is 7.71. The zero-order chi connectivity index (χ0) is 23.8. The van der Waals surface area contributed by atoms with Crippen molar-refractivity contribution in [1.82, 2.24) is 5.32 Å². The van der Waals surface area contributed by atoms with Gasteiger partial charge >= 0.3 is 17.9 Å². The van der Waals surface area contributed by atoms with E-state index in [4.69, 9.17) is 47.7 Å². The summed E-state index contributed by atoms with van der Waals surface area (Å²) in [5.74, 6) is -2.27. The molecule has 0 aliphatic carbocycles. The Morgan fingerprint density at radius 1 is 1.03 bits per heavy atom. The van der Waals surface area contributed by atoms with Crippen LogP contribution in [0.1, 0.15) is 32.8 Å². The van der Waals surface area contributed by atoms with E-state index in [9.17, 15) is 4.79 Å². The van der Waals surface area contributed by atoms with Crippen LogP contribution in [-0.4, -0.2) is 65.6 Å². The van der Waals surface area contributed by atoms with Crippen LogP contribution in [0, 0.1) is 5.92 Å². The number of anilines is 1. The molecule has 0 aromatic heterocycles. The molecule has 0 radical (unpaired) electrons. The topological polar surface area (TPSA) is 116 Å². The Balaban J connectivity index is 0.00000131. The van der Waals surface area contributed by atoms with Crippen molar-refractivity contribution in [2.75, 3.05) is 36.4 Å². The van der Waals surface area contributed by atoms with Crippen LogP contribution in [-0.2, 0) is 25.7 Å². The number of nitrogens with zero attached hydrogens (tertiary/aromatic N) is 1. The van der Waals surface area contributed by atoms with Crippen molar-refractivity contribution >= 4 is 46.8 Å². The predicted octanol–water partition coefficient (Wildman–Crippen LogP) is 3.19. The maximum atomic E-state index is 12.1. The number of halogens is 2. The standard InChI is InChI=1S/C19H30Cl2N2O2.C2H2O4/c1-4-25-19(24)18(13-15(2)3)22-14-16-5-7-17(8-6-16)23(11-9-20)12-10-21;3-1(4)2(5)6/h5-8,15,18,22H,4,9-14H2,1-3H3;(H,3,4)(H,5,6). The maximum absolute atomic E-state index is 12.1. The van der Waals surface area contributed by atoms with Crippen molar-refractivity contribution in [2.24, 2.45) is 5.92 Å². The highest BCUT2D eigenvalue weighted by Crippen LogP contribution is 2.16. The van der Waals surface area contributed by atoms with E-state index >= 15 is 0 Å². The van der Waals surface area contributed by atoms with Gasteiger partial charge in [-0.2, -0.15) is 0 Å². The summed E-state index contributed by atoms with van der Waals surface area (Å²) in [6.07, 6.45) is 0.760. The lowest BCUT2D eigenvalue weighted by Crippen LogP contribution is -2.38. The van der Waals surface area contributed by atoms with Crippen molar-refractivity contribution in [2.45, 2.75) is 39.8 Å².